The number of fused-ring (bicyclic) bond motifs is 1. The number of unbranched alkanes of at least 4 members (excludes halogenated alkanes) is 7. The second-order valence-electron chi connectivity index (χ2n) is 7.87. The van der Waals surface area contributed by atoms with Crippen LogP contribution in [0.2, 0.25) is 0 Å². The van der Waals surface area contributed by atoms with Crippen LogP contribution in [0.3, 0.4) is 0 Å². The molecule has 0 heterocycles. The third-order valence-corrected chi connectivity index (χ3v) is 6.84. The zero-order chi connectivity index (χ0) is 20.2. The number of thioether (sulfide) groups is 1. The number of rotatable bonds is 14. The summed E-state index contributed by atoms with van der Waals surface area (Å²) in [7, 11) is 0. The van der Waals surface area contributed by atoms with E-state index >= 15 is 0 Å². The summed E-state index contributed by atoms with van der Waals surface area (Å²) in [6, 6.07) is 14.6. The Morgan fingerprint density at radius 2 is 1.57 bits per heavy atom. The summed E-state index contributed by atoms with van der Waals surface area (Å²) in [5.41, 5.74) is 1.16. The van der Waals surface area contributed by atoms with Gasteiger partial charge in [0.15, 0.2) is 0 Å². The van der Waals surface area contributed by atoms with E-state index in [4.69, 9.17) is 0 Å². The van der Waals surface area contributed by atoms with E-state index in [1.54, 1.807) is 0 Å². The number of hydrogen-bond acceptors (Lipinski definition) is 2. The maximum atomic E-state index is 11.5. The molecule has 2 unspecified atom stereocenters. The summed E-state index contributed by atoms with van der Waals surface area (Å²) in [6.07, 6.45) is 12.0. The topological polar surface area (TPSA) is 37.3 Å². The van der Waals surface area contributed by atoms with Crippen LogP contribution in [0.15, 0.2) is 42.5 Å². The summed E-state index contributed by atoms with van der Waals surface area (Å²) in [6.45, 7) is 4.51. The molecule has 0 aliphatic rings. The lowest BCUT2D eigenvalue weighted by Gasteiger charge is -2.21. The van der Waals surface area contributed by atoms with E-state index in [9.17, 15) is 9.90 Å². The highest BCUT2D eigenvalue weighted by Crippen LogP contribution is 2.40. The standard InChI is InChI=1S/C25H36O2S/c1-3-4-5-6-7-8-9-10-14-20(2)28-24(19-25(26)27)23-18-13-16-21-15-11-12-17-22(21)23/h11-13,15-18,20,24H,3-10,14,19H2,1-2H3,(H,26,27). The van der Waals surface area contributed by atoms with E-state index in [1.165, 1.54) is 68.6 Å². The molecule has 2 nitrogen and oxygen atoms in total. The summed E-state index contributed by atoms with van der Waals surface area (Å²) >= 11 is 1.84. The minimum absolute atomic E-state index is 0.00708. The molecule has 28 heavy (non-hydrogen) atoms. The Kier molecular flexibility index (Phi) is 10.5. The Hall–Kier alpha value is -1.48. The van der Waals surface area contributed by atoms with Crippen LogP contribution in [0.25, 0.3) is 10.8 Å². The number of carboxylic acids is 1. The quantitative estimate of drug-likeness (QED) is 0.326. The predicted octanol–water partition coefficient (Wildman–Crippen LogP) is 8.01. The molecule has 154 valence electrons. The van der Waals surface area contributed by atoms with Gasteiger partial charge in [-0.05, 0) is 22.8 Å². The van der Waals surface area contributed by atoms with Crippen LogP contribution in [0, 0.1) is 0 Å². The van der Waals surface area contributed by atoms with Gasteiger partial charge >= 0.3 is 5.97 Å². The SMILES string of the molecule is CCCCCCCCCCC(C)SC(CC(=O)O)c1cccc2ccccc12. The van der Waals surface area contributed by atoms with Crippen LogP contribution in [0.5, 0.6) is 0 Å². The van der Waals surface area contributed by atoms with Gasteiger partial charge in [-0.2, -0.15) is 11.8 Å². The number of carbonyl (C=O) groups is 1. The fourth-order valence-corrected chi connectivity index (χ4v) is 5.29. The average molecular weight is 401 g/mol. The molecule has 2 rings (SSSR count). The molecule has 2 aromatic rings. The lowest BCUT2D eigenvalue weighted by molar-refractivity contribution is -0.137. The van der Waals surface area contributed by atoms with Crippen LogP contribution in [0.4, 0.5) is 0 Å². The van der Waals surface area contributed by atoms with Crippen LogP contribution in [0.1, 0.15) is 88.9 Å². The van der Waals surface area contributed by atoms with Gasteiger partial charge in [-0.15, -0.1) is 0 Å². The second kappa shape index (κ2) is 12.9. The normalized spacial score (nSPS) is 13.5. The van der Waals surface area contributed by atoms with Gasteiger partial charge in [-0.25, -0.2) is 0 Å². The van der Waals surface area contributed by atoms with Gasteiger partial charge in [0.1, 0.15) is 0 Å². The molecule has 1 N–H and O–H groups in total. The Morgan fingerprint density at radius 1 is 0.929 bits per heavy atom. The second-order valence-corrected chi connectivity index (χ2v) is 9.51. The molecule has 0 bridgehead atoms. The molecule has 0 aromatic heterocycles. The molecule has 2 atom stereocenters. The molecule has 2 aromatic carbocycles. The van der Waals surface area contributed by atoms with Crippen molar-refractivity contribution in [2.45, 2.75) is 88.6 Å². The third kappa shape index (κ3) is 7.87. The minimum atomic E-state index is -0.718. The van der Waals surface area contributed by atoms with E-state index in [2.05, 4.69) is 44.2 Å². The van der Waals surface area contributed by atoms with Crippen molar-refractivity contribution in [2.24, 2.45) is 0 Å². The van der Waals surface area contributed by atoms with Crippen molar-refractivity contribution < 1.29 is 9.90 Å². The lowest BCUT2D eigenvalue weighted by Crippen LogP contribution is -2.08. The van der Waals surface area contributed by atoms with E-state index in [-0.39, 0.29) is 11.7 Å². The summed E-state index contributed by atoms with van der Waals surface area (Å²) < 4.78 is 0. The van der Waals surface area contributed by atoms with Gasteiger partial charge in [0, 0.05) is 10.5 Å². The van der Waals surface area contributed by atoms with E-state index in [0.29, 0.717) is 5.25 Å². The first kappa shape index (κ1) is 22.8. The molecule has 0 radical (unpaired) electrons. The molecule has 0 aliphatic carbocycles. The largest absolute Gasteiger partial charge is 0.481 e. The van der Waals surface area contributed by atoms with Gasteiger partial charge < -0.3 is 5.11 Å². The Morgan fingerprint density at radius 3 is 2.29 bits per heavy atom. The van der Waals surface area contributed by atoms with Crippen molar-refractivity contribution in [1.29, 1.82) is 0 Å². The van der Waals surface area contributed by atoms with Gasteiger partial charge in [-0.1, -0.05) is 108 Å². The van der Waals surface area contributed by atoms with Crippen LogP contribution >= 0.6 is 11.8 Å². The van der Waals surface area contributed by atoms with Gasteiger partial charge in [0.2, 0.25) is 0 Å². The van der Waals surface area contributed by atoms with Crippen molar-refractivity contribution in [3.8, 4) is 0 Å². The van der Waals surface area contributed by atoms with Crippen molar-refractivity contribution in [3.05, 3.63) is 48.0 Å². The first-order valence-electron chi connectivity index (χ1n) is 11.0. The van der Waals surface area contributed by atoms with E-state index in [0.717, 1.165) is 5.56 Å². The highest BCUT2D eigenvalue weighted by Gasteiger charge is 2.21. The fourth-order valence-electron chi connectivity index (χ4n) is 3.84. The molecule has 0 saturated heterocycles. The van der Waals surface area contributed by atoms with Gasteiger partial charge in [0.25, 0.3) is 0 Å². The van der Waals surface area contributed by atoms with Crippen molar-refractivity contribution in [3.63, 3.8) is 0 Å². The van der Waals surface area contributed by atoms with Crippen LogP contribution in [-0.4, -0.2) is 16.3 Å². The fraction of sp³-hybridized carbons (Fsp3) is 0.560. The highest BCUT2D eigenvalue weighted by molar-refractivity contribution is 8.00. The van der Waals surface area contributed by atoms with Gasteiger partial charge in [-0.3, -0.25) is 4.79 Å². The lowest BCUT2D eigenvalue weighted by atomic mass is 10.0. The number of benzene rings is 2. The maximum Gasteiger partial charge on any atom is 0.304 e. The minimum Gasteiger partial charge on any atom is -0.481 e. The molecule has 0 spiro atoms. The average Bonchev–Trinajstić information content (AvgIpc) is 2.68. The number of aliphatic carboxylic acids is 1. The molecular weight excluding hydrogens is 364 g/mol. The number of hydrogen-bond donors (Lipinski definition) is 1. The highest BCUT2D eigenvalue weighted by atomic mass is 32.2. The van der Waals surface area contributed by atoms with Crippen LogP contribution < -0.4 is 0 Å². The Balaban J connectivity index is 1.87. The summed E-state index contributed by atoms with van der Waals surface area (Å²) in [4.78, 5) is 11.5. The monoisotopic (exact) mass is 400 g/mol. The molecule has 3 heteroatoms. The Bertz CT molecular complexity index is 707. The van der Waals surface area contributed by atoms with Gasteiger partial charge in [0.05, 0.1) is 6.42 Å². The van der Waals surface area contributed by atoms with Crippen molar-refractivity contribution in [1.82, 2.24) is 0 Å². The molecule has 0 saturated carbocycles. The van der Waals surface area contributed by atoms with Crippen molar-refractivity contribution in [2.75, 3.05) is 0 Å². The molecular formula is C25H36O2S. The Labute approximate surface area is 175 Å². The first-order valence-corrected chi connectivity index (χ1v) is 11.9. The maximum absolute atomic E-state index is 11.5. The zero-order valence-electron chi connectivity index (χ0n) is 17.5. The van der Waals surface area contributed by atoms with Crippen molar-refractivity contribution >= 4 is 28.5 Å². The zero-order valence-corrected chi connectivity index (χ0v) is 18.3. The summed E-state index contributed by atoms with van der Waals surface area (Å²) in [5.74, 6) is -0.718. The summed E-state index contributed by atoms with van der Waals surface area (Å²) in [5, 5.41) is 12.3. The molecule has 0 aliphatic heterocycles. The molecule has 0 amide bonds. The first-order chi connectivity index (χ1) is 13.6. The van der Waals surface area contributed by atoms with E-state index in [1.807, 2.05) is 23.9 Å². The molecule has 0 fully saturated rings. The van der Waals surface area contributed by atoms with Crippen LogP contribution in [-0.2, 0) is 4.79 Å². The number of carboxylic acid groups (broad SMARTS) is 1. The smallest absolute Gasteiger partial charge is 0.304 e. The van der Waals surface area contributed by atoms with E-state index < -0.39 is 5.97 Å². The predicted molar refractivity (Wildman–Crippen MR) is 123 cm³/mol. The third-order valence-electron chi connectivity index (χ3n) is 5.39.